The summed E-state index contributed by atoms with van der Waals surface area (Å²) >= 11 is 0. The Kier molecular flexibility index (Phi) is 4.78. The molecule has 0 aromatic heterocycles. The number of urea groups is 1. The third kappa shape index (κ3) is 4.43. The largest absolute Gasteiger partial charge is 0.486 e. The summed E-state index contributed by atoms with van der Waals surface area (Å²) in [5.41, 5.74) is 5.83. The summed E-state index contributed by atoms with van der Waals surface area (Å²) in [4.78, 5) is 11.8. The van der Waals surface area contributed by atoms with Gasteiger partial charge in [-0.15, -0.1) is 0 Å². The van der Waals surface area contributed by atoms with Crippen molar-refractivity contribution in [2.45, 2.75) is 12.5 Å². The number of carbonyl (C=O) groups excluding carboxylic acids is 1. The zero-order valence-corrected chi connectivity index (χ0v) is 11.0. The molecular formula is C13H18N4O3. The fraction of sp³-hybridized carbons (Fsp3) is 0.385. The first-order chi connectivity index (χ1) is 9.63. The van der Waals surface area contributed by atoms with E-state index < -0.39 is 0 Å². The van der Waals surface area contributed by atoms with Gasteiger partial charge in [0.25, 0.3) is 0 Å². The van der Waals surface area contributed by atoms with Gasteiger partial charge >= 0.3 is 6.03 Å². The zero-order valence-electron chi connectivity index (χ0n) is 11.0. The molecule has 2 amide bonds. The molecule has 0 saturated carbocycles. The van der Waals surface area contributed by atoms with Gasteiger partial charge in [-0.3, -0.25) is 5.41 Å². The molecule has 0 bridgehead atoms. The van der Waals surface area contributed by atoms with Crippen molar-refractivity contribution >= 4 is 17.6 Å². The van der Waals surface area contributed by atoms with E-state index in [0.717, 1.165) is 6.42 Å². The molecule has 1 heterocycles. The molecule has 7 nitrogen and oxygen atoms in total. The lowest BCUT2D eigenvalue weighted by Crippen LogP contribution is -2.38. The third-order valence-corrected chi connectivity index (χ3v) is 2.75. The molecule has 0 aliphatic carbocycles. The zero-order chi connectivity index (χ0) is 14.4. The van der Waals surface area contributed by atoms with Gasteiger partial charge in [-0.25, -0.2) is 4.79 Å². The Labute approximate surface area is 116 Å². The van der Waals surface area contributed by atoms with Gasteiger partial charge in [0.1, 0.15) is 18.2 Å². The number of benzene rings is 1. The van der Waals surface area contributed by atoms with Crippen molar-refractivity contribution in [3.05, 3.63) is 24.3 Å². The smallest absolute Gasteiger partial charge is 0.319 e. The van der Waals surface area contributed by atoms with Gasteiger partial charge in [0.05, 0.1) is 12.6 Å². The quantitative estimate of drug-likeness (QED) is 0.474. The Morgan fingerprint density at radius 2 is 2.40 bits per heavy atom. The molecule has 1 aromatic rings. The van der Waals surface area contributed by atoms with Crippen LogP contribution in [0.5, 0.6) is 5.75 Å². The highest BCUT2D eigenvalue weighted by Gasteiger charge is 2.17. The van der Waals surface area contributed by atoms with Gasteiger partial charge in [-0.1, -0.05) is 6.07 Å². The highest BCUT2D eigenvalue weighted by Crippen LogP contribution is 2.17. The summed E-state index contributed by atoms with van der Waals surface area (Å²) in [6.07, 6.45) is 0.829. The molecule has 1 aliphatic heterocycles. The van der Waals surface area contributed by atoms with Crippen molar-refractivity contribution in [3.8, 4) is 5.75 Å². The fourth-order valence-electron chi connectivity index (χ4n) is 1.83. The van der Waals surface area contributed by atoms with Gasteiger partial charge < -0.3 is 25.8 Å². The first kappa shape index (κ1) is 14.1. The van der Waals surface area contributed by atoms with Crippen molar-refractivity contribution in [1.29, 1.82) is 5.41 Å². The second kappa shape index (κ2) is 6.76. The maximum Gasteiger partial charge on any atom is 0.319 e. The number of amidine groups is 1. The van der Waals surface area contributed by atoms with Crippen LogP contribution < -0.4 is 21.1 Å². The van der Waals surface area contributed by atoms with Gasteiger partial charge in [-0.2, -0.15) is 0 Å². The Morgan fingerprint density at radius 1 is 1.55 bits per heavy atom. The molecule has 108 valence electrons. The van der Waals surface area contributed by atoms with Crippen molar-refractivity contribution < 1.29 is 14.3 Å². The minimum atomic E-state index is -0.274. The van der Waals surface area contributed by atoms with E-state index >= 15 is 0 Å². The molecular weight excluding hydrogens is 260 g/mol. The molecule has 1 aromatic carbocycles. The highest BCUT2D eigenvalue weighted by atomic mass is 16.5. The van der Waals surface area contributed by atoms with Crippen molar-refractivity contribution in [3.63, 3.8) is 0 Å². The summed E-state index contributed by atoms with van der Waals surface area (Å²) in [5, 5.41) is 12.7. The number of rotatable bonds is 5. The average molecular weight is 278 g/mol. The number of hydrogen-bond donors (Lipinski definition) is 4. The predicted molar refractivity (Wildman–Crippen MR) is 75.2 cm³/mol. The lowest BCUT2D eigenvalue weighted by Gasteiger charge is -2.12. The van der Waals surface area contributed by atoms with Crippen LogP contribution in [-0.4, -0.2) is 37.7 Å². The molecule has 20 heavy (non-hydrogen) atoms. The maximum atomic E-state index is 11.8. The Hall–Kier alpha value is -2.28. The van der Waals surface area contributed by atoms with E-state index in [4.69, 9.17) is 20.6 Å². The van der Waals surface area contributed by atoms with Gasteiger partial charge in [0.15, 0.2) is 0 Å². The number of carbonyl (C=O) groups is 1. The standard InChI is InChI=1S/C13H18N4O3/c14-12(15)8-20-11-3-1-2-9(6-11)16-13(18)17-10-4-5-19-7-10/h1-3,6,10H,4-5,7-8H2,(H3,14,15)(H2,16,17,18). The van der Waals surface area contributed by atoms with E-state index in [1.54, 1.807) is 24.3 Å². The van der Waals surface area contributed by atoms with Crippen LogP contribution >= 0.6 is 0 Å². The number of nitrogens with two attached hydrogens (primary N) is 1. The maximum absolute atomic E-state index is 11.8. The number of nitrogens with one attached hydrogen (secondary N) is 3. The van der Waals surface area contributed by atoms with Crippen molar-refractivity contribution in [1.82, 2.24) is 5.32 Å². The van der Waals surface area contributed by atoms with Crippen LogP contribution in [0.2, 0.25) is 0 Å². The monoisotopic (exact) mass is 278 g/mol. The molecule has 1 atom stereocenters. The van der Waals surface area contributed by atoms with Crippen LogP contribution in [0.15, 0.2) is 24.3 Å². The van der Waals surface area contributed by atoms with Crippen LogP contribution in [0.3, 0.4) is 0 Å². The van der Waals surface area contributed by atoms with Crippen LogP contribution in [0.25, 0.3) is 0 Å². The van der Waals surface area contributed by atoms with Gasteiger partial charge in [0, 0.05) is 18.4 Å². The van der Waals surface area contributed by atoms with Crippen LogP contribution in [0.1, 0.15) is 6.42 Å². The minimum absolute atomic E-state index is 0.0229. The number of hydrogen-bond acceptors (Lipinski definition) is 4. The van der Waals surface area contributed by atoms with E-state index in [0.29, 0.717) is 24.7 Å². The number of amides is 2. The molecule has 0 radical (unpaired) electrons. The number of ether oxygens (including phenoxy) is 2. The Morgan fingerprint density at radius 3 is 3.10 bits per heavy atom. The molecule has 0 spiro atoms. The molecule has 1 saturated heterocycles. The normalized spacial score (nSPS) is 17.5. The second-order valence-corrected chi connectivity index (χ2v) is 4.50. The third-order valence-electron chi connectivity index (χ3n) is 2.75. The molecule has 2 rings (SSSR count). The lowest BCUT2D eigenvalue weighted by atomic mass is 10.2. The SMILES string of the molecule is N=C(N)COc1cccc(NC(=O)NC2CCOC2)c1. The fourth-order valence-corrected chi connectivity index (χ4v) is 1.83. The Balaban J connectivity index is 1.86. The highest BCUT2D eigenvalue weighted by molar-refractivity contribution is 5.89. The first-order valence-electron chi connectivity index (χ1n) is 6.34. The predicted octanol–water partition coefficient (Wildman–Crippen LogP) is 0.912. The van der Waals surface area contributed by atoms with Crippen LogP contribution in [-0.2, 0) is 4.74 Å². The van der Waals surface area contributed by atoms with Crippen LogP contribution in [0, 0.1) is 5.41 Å². The van der Waals surface area contributed by atoms with Gasteiger partial charge in [-0.05, 0) is 18.6 Å². The van der Waals surface area contributed by atoms with Crippen molar-refractivity contribution in [2.24, 2.45) is 5.73 Å². The molecule has 1 aliphatic rings. The van der Waals surface area contributed by atoms with Crippen molar-refractivity contribution in [2.75, 3.05) is 25.1 Å². The van der Waals surface area contributed by atoms with E-state index in [2.05, 4.69) is 10.6 Å². The summed E-state index contributed by atoms with van der Waals surface area (Å²) < 4.78 is 10.5. The Bertz CT molecular complexity index is 486. The molecule has 1 fully saturated rings. The summed E-state index contributed by atoms with van der Waals surface area (Å²) in [5.74, 6) is 0.490. The van der Waals surface area contributed by atoms with E-state index in [-0.39, 0.29) is 24.5 Å². The minimum Gasteiger partial charge on any atom is -0.486 e. The second-order valence-electron chi connectivity index (χ2n) is 4.50. The molecule has 7 heteroatoms. The summed E-state index contributed by atoms with van der Waals surface area (Å²) in [7, 11) is 0. The van der Waals surface area contributed by atoms with E-state index in [9.17, 15) is 4.79 Å². The average Bonchev–Trinajstić information content (AvgIpc) is 2.89. The van der Waals surface area contributed by atoms with E-state index in [1.807, 2.05) is 0 Å². The van der Waals surface area contributed by atoms with E-state index in [1.165, 1.54) is 0 Å². The van der Waals surface area contributed by atoms with Gasteiger partial charge in [0.2, 0.25) is 0 Å². The summed E-state index contributed by atoms with van der Waals surface area (Å²) in [6, 6.07) is 6.70. The molecule has 5 N–H and O–H groups in total. The van der Waals surface area contributed by atoms with Crippen LogP contribution in [0.4, 0.5) is 10.5 Å². The lowest BCUT2D eigenvalue weighted by molar-refractivity contribution is 0.189. The molecule has 1 unspecified atom stereocenters. The summed E-state index contributed by atoms with van der Waals surface area (Å²) in [6.45, 7) is 1.25. The number of anilines is 1. The topological polar surface area (TPSA) is 109 Å². The first-order valence-corrected chi connectivity index (χ1v) is 6.34.